The summed E-state index contributed by atoms with van der Waals surface area (Å²) in [6.45, 7) is 0. The highest BCUT2D eigenvalue weighted by Gasteiger charge is 2.42. The third kappa shape index (κ3) is 3.78. The van der Waals surface area contributed by atoms with Gasteiger partial charge in [0.2, 0.25) is 5.91 Å². The zero-order valence-electron chi connectivity index (χ0n) is 19.0. The number of H-pyrrole nitrogens is 1. The highest BCUT2D eigenvalue weighted by Crippen LogP contribution is 2.44. The second-order valence-corrected chi connectivity index (χ2v) is 9.88. The van der Waals surface area contributed by atoms with Crippen molar-refractivity contribution in [1.82, 2.24) is 15.3 Å². The Morgan fingerprint density at radius 2 is 1.94 bits per heavy atom. The number of amides is 2. The van der Waals surface area contributed by atoms with Gasteiger partial charge in [-0.3, -0.25) is 9.69 Å². The van der Waals surface area contributed by atoms with E-state index in [4.69, 9.17) is 9.72 Å². The lowest BCUT2D eigenvalue weighted by Gasteiger charge is -2.27. The molecule has 3 aromatic carbocycles. The Kier molecular flexibility index (Phi) is 5.33. The van der Waals surface area contributed by atoms with Crippen LogP contribution in [0.25, 0.3) is 22.0 Å². The number of para-hydroxylation sites is 1. The first-order valence-electron chi connectivity index (χ1n) is 11.5. The molecular formula is C27H23BrN4O3. The standard InChI is InChI=1S/C27H23BrN4O3/c1-35-27(34)31-21-10-8-15-3-2-4-19-13-23(32(24(15)19)26(21)33)25-29-14-22(30-25)18-6-5-17-12-20(28)9-7-16(17)11-18/h2-7,9,11-12,14,21,23H,8,10,13H2,1H3,(H,29,30)(H,31,34)/t21-,23-/m0/s1. The Morgan fingerprint density at radius 1 is 1.14 bits per heavy atom. The quantitative estimate of drug-likeness (QED) is 0.376. The minimum absolute atomic E-state index is 0.140. The van der Waals surface area contributed by atoms with Gasteiger partial charge in [-0.15, -0.1) is 0 Å². The number of hydrogen-bond donors (Lipinski definition) is 2. The van der Waals surface area contributed by atoms with Crippen LogP contribution in [0.2, 0.25) is 0 Å². The van der Waals surface area contributed by atoms with Crippen LogP contribution in [0.1, 0.15) is 29.4 Å². The second kappa shape index (κ2) is 8.53. The van der Waals surface area contributed by atoms with E-state index in [-0.39, 0.29) is 11.9 Å². The average molecular weight is 531 g/mol. The summed E-state index contributed by atoms with van der Waals surface area (Å²) in [6.07, 6.45) is 3.10. The summed E-state index contributed by atoms with van der Waals surface area (Å²) < 4.78 is 5.81. The Labute approximate surface area is 210 Å². The average Bonchev–Trinajstić information content (AvgIpc) is 3.48. The lowest BCUT2D eigenvalue weighted by Crippen LogP contribution is -2.48. The number of alkyl carbamates (subject to hydrolysis) is 1. The van der Waals surface area contributed by atoms with Crippen LogP contribution < -0.4 is 10.2 Å². The highest BCUT2D eigenvalue weighted by atomic mass is 79.9. The number of anilines is 1. The van der Waals surface area contributed by atoms with Crippen LogP contribution in [-0.4, -0.2) is 35.1 Å². The number of rotatable bonds is 3. The van der Waals surface area contributed by atoms with Crippen LogP contribution in [-0.2, 0) is 22.4 Å². The maximum Gasteiger partial charge on any atom is 0.407 e. The number of halogens is 1. The van der Waals surface area contributed by atoms with Crippen molar-refractivity contribution in [3.8, 4) is 11.3 Å². The van der Waals surface area contributed by atoms with Gasteiger partial charge in [-0.1, -0.05) is 52.3 Å². The van der Waals surface area contributed by atoms with Crippen LogP contribution in [0.5, 0.6) is 0 Å². The summed E-state index contributed by atoms with van der Waals surface area (Å²) in [5.74, 6) is 0.587. The molecular weight excluding hydrogens is 508 g/mol. The molecule has 0 unspecified atom stereocenters. The van der Waals surface area contributed by atoms with Gasteiger partial charge in [0.05, 0.1) is 30.7 Å². The van der Waals surface area contributed by atoms with Crippen molar-refractivity contribution in [2.75, 3.05) is 12.0 Å². The van der Waals surface area contributed by atoms with E-state index in [1.54, 1.807) is 0 Å². The number of aromatic nitrogens is 2. The predicted octanol–water partition coefficient (Wildman–Crippen LogP) is 5.29. The Morgan fingerprint density at radius 3 is 2.80 bits per heavy atom. The molecule has 8 heteroatoms. The van der Waals surface area contributed by atoms with Crippen molar-refractivity contribution >= 4 is 44.4 Å². The van der Waals surface area contributed by atoms with E-state index in [0.29, 0.717) is 19.3 Å². The molecule has 2 aliphatic rings. The van der Waals surface area contributed by atoms with Gasteiger partial charge in [0.15, 0.2) is 0 Å². The molecule has 0 radical (unpaired) electrons. The van der Waals surface area contributed by atoms with Crippen molar-refractivity contribution in [2.45, 2.75) is 31.3 Å². The molecule has 2 aliphatic heterocycles. The maximum absolute atomic E-state index is 13.7. The number of benzene rings is 3. The van der Waals surface area contributed by atoms with Gasteiger partial charge in [0, 0.05) is 16.5 Å². The number of fused-ring (bicyclic) bond motifs is 1. The molecule has 4 aromatic rings. The second-order valence-electron chi connectivity index (χ2n) is 8.97. The molecule has 7 nitrogen and oxygen atoms in total. The number of aryl methyl sites for hydroxylation is 1. The molecule has 0 spiro atoms. The molecule has 0 fully saturated rings. The Hall–Kier alpha value is -3.65. The number of imidazole rings is 1. The number of carbonyl (C=O) groups is 2. The molecule has 2 N–H and O–H groups in total. The lowest BCUT2D eigenvalue weighted by molar-refractivity contribution is -0.121. The number of carbonyl (C=O) groups excluding carboxylic acids is 2. The van der Waals surface area contributed by atoms with E-state index in [1.165, 1.54) is 7.11 Å². The normalized spacial score (nSPS) is 18.9. The van der Waals surface area contributed by atoms with Crippen molar-refractivity contribution < 1.29 is 14.3 Å². The molecule has 2 atom stereocenters. The third-order valence-electron chi connectivity index (χ3n) is 6.91. The zero-order valence-corrected chi connectivity index (χ0v) is 20.6. The van der Waals surface area contributed by atoms with Crippen LogP contribution in [0, 0.1) is 0 Å². The van der Waals surface area contributed by atoms with Crippen molar-refractivity contribution in [3.63, 3.8) is 0 Å². The molecule has 2 amide bonds. The first-order valence-corrected chi connectivity index (χ1v) is 12.3. The molecule has 1 aromatic heterocycles. The van der Waals surface area contributed by atoms with Gasteiger partial charge >= 0.3 is 6.09 Å². The molecule has 3 heterocycles. The number of hydrogen-bond acceptors (Lipinski definition) is 4. The van der Waals surface area contributed by atoms with E-state index in [1.807, 2.05) is 23.2 Å². The molecule has 0 aliphatic carbocycles. The summed E-state index contributed by atoms with van der Waals surface area (Å²) in [7, 11) is 1.30. The summed E-state index contributed by atoms with van der Waals surface area (Å²) in [5.41, 5.74) is 5.11. The van der Waals surface area contributed by atoms with Gasteiger partial charge < -0.3 is 15.0 Å². The summed E-state index contributed by atoms with van der Waals surface area (Å²) in [5, 5.41) is 5.01. The predicted molar refractivity (Wildman–Crippen MR) is 137 cm³/mol. The minimum Gasteiger partial charge on any atom is -0.453 e. The monoisotopic (exact) mass is 530 g/mol. The van der Waals surface area contributed by atoms with E-state index in [9.17, 15) is 9.59 Å². The summed E-state index contributed by atoms with van der Waals surface area (Å²) in [4.78, 5) is 35.6. The van der Waals surface area contributed by atoms with Crippen molar-refractivity contribution in [1.29, 1.82) is 0 Å². The van der Waals surface area contributed by atoms with Crippen LogP contribution in [0.3, 0.4) is 0 Å². The number of aromatic amines is 1. The van der Waals surface area contributed by atoms with Gasteiger partial charge in [0.25, 0.3) is 0 Å². The maximum atomic E-state index is 13.7. The molecule has 6 rings (SSSR count). The van der Waals surface area contributed by atoms with Crippen LogP contribution in [0.4, 0.5) is 10.5 Å². The van der Waals surface area contributed by atoms with E-state index in [0.717, 1.165) is 49.1 Å². The fraction of sp³-hybridized carbons (Fsp3) is 0.222. The third-order valence-corrected chi connectivity index (χ3v) is 7.40. The van der Waals surface area contributed by atoms with Crippen LogP contribution in [0.15, 0.2) is 65.3 Å². The first kappa shape index (κ1) is 21.9. The van der Waals surface area contributed by atoms with E-state index in [2.05, 4.69) is 68.7 Å². The molecule has 0 bridgehead atoms. The molecule has 0 saturated heterocycles. The topological polar surface area (TPSA) is 87.3 Å². The number of ether oxygens (including phenoxy) is 1. The van der Waals surface area contributed by atoms with E-state index < -0.39 is 12.1 Å². The lowest BCUT2D eigenvalue weighted by atomic mass is 10.0. The SMILES string of the molecule is COC(=O)N[C@H]1CCc2cccc3c2N(C1=O)[C@H](c1ncc(-c2ccc4cc(Br)ccc4c2)[nH]1)C3. The smallest absolute Gasteiger partial charge is 0.407 e. The zero-order chi connectivity index (χ0) is 24.1. The van der Waals surface area contributed by atoms with Crippen molar-refractivity contribution in [2.24, 2.45) is 0 Å². The Bertz CT molecular complexity index is 1480. The summed E-state index contributed by atoms with van der Waals surface area (Å²) in [6, 6.07) is 17.7. The number of nitrogens with zero attached hydrogens (tertiary/aromatic N) is 2. The van der Waals surface area contributed by atoms with Gasteiger partial charge in [-0.2, -0.15) is 0 Å². The first-order chi connectivity index (χ1) is 17.0. The Balaban J connectivity index is 1.36. The van der Waals surface area contributed by atoms with Gasteiger partial charge in [0.1, 0.15) is 11.9 Å². The number of methoxy groups -OCH3 is 1. The van der Waals surface area contributed by atoms with Gasteiger partial charge in [-0.25, -0.2) is 9.78 Å². The molecule has 35 heavy (non-hydrogen) atoms. The fourth-order valence-corrected chi connectivity index (χ4v) is 5.60. The van der Waals surface area contributed by atoms with Crippen LogP contribution >= 0.6 is 15.9 Å². The van der Waals surface area contributed by atoms with Gasteiger partial charge in [-0.05, 0) is 52.9 Å². The number of nitrogens with one attached hydrogen (secondary N) is 2. The minimum atomic E-state index is -0.655. The van der Waals surface area contributed by atoms with Crippen molar-refractivity contribution in [3.05, 3.63) is 82.2 Å². The largest absolute Gasteiger partial charge is 0.453 e. The molecule has 0 saturated carbocycles. The molecule has 176 valence electrons. The highest BCUT2D eigenvalue weighted by molar-refractivity contribution is 9.10. The fourth-order valence-electron chi connectivity index (χ4n) is 5.22. The van der Waals surface area contributed by atoms with E-state index >= 15 is 0 Å². The summed E-state index contributed by atoms with van der Waals surface area (Å²) >= 11 is 3.52.